The summed E-state index contributed by atoms with van der Waals surface area (Å²) in [4.78, 5) is 4.43. The summed E-state index contributed by atoms with van der Waals surface area (Å²) in [6, 6.07) is 0.248. The molecule has 0 bridgehead atoms. The average molecular weight is 365 g/mol. The van der Waals surface area contributed by atoms with Crippen molar-refractivity contribution in [1.29, 1.82) is 0 Å². The van der Waals surface area contributed by atoms with Crippen LogP contribution in [0.2, 0.25) is 0 Å². The Bertz CT molecular complexity index is 723. The van der Waals surface area contributed by atoms with Gasteiger partial charge in [-0.05, 0) is 30.9 Å². The Morgan fingerprint density at radius 2 is 2.07 bits per heavy atom. The SMILES string of the molecule is C=C/C=C(\C=C)CNC(=C)C1CCCN1C(=C)CN1C=C(C)C(=C)NC1=C. The first kappa shape index (κ1) is 20.4. The molecule has 4 heteroatoms. The second-order valence-corrected chi connectivity index (χ2v) is 6.97. The maximum Gasteiger partial charge on any atom is 0.103 e. The Kier molecular flexibility index (Phi) is 6.94. The van der Waals surface area contributed by atoms with E-state index < -0.39 is 0 Å². The lowest BCUT2D eigenvalue weighted by molar-refractivity contribution is 0.308. The van der Waals surface area contributed by atoms with Crippen molar-refractivity contribution in [3.05, 3.63) is 98.0 Å². The summed E-state index contributed by atoms with van der Waals surface area (Å²) < 4.78 is 0. The third kappa shape index (κ3) is 5.07. The third-order valence-electron chi connectivity index (χ3n) is 5.00. The van der Waals surface area contributed by atoms with Crippen LogP contribution in [0.15, 0.2) is 98.0 Å². The number of nitrogens with zero attached hydrogens (tertiary/aromatic N) is 2. The third-order valence-corrected chi connectivity index (χ3v) is 5.00. The zero-order valence-corrected chi connectivity index (χ0v) is 16.6. The first-order valence-corrected chi connectivity index (χ1v) is 9.28. The second-order valence-electron chi connectivity index (χ2n) is 6.97. The molecule has 1 fully saturated rings. The molecular formula is C23H32N4. The molecule has 0 aromatic heterocycles. The Morgan fingerprint density at radius 1 is 1.33 bits per heavy atom. The van der Waals surface area contributed by atoms with E-state index >= 15 is 0 Å². The zero-order chi connectivity index (χ0) is 20.0. The molecule has 2 N–H and O–H groups in total. The van der Waals surface area contributed by atoms with Gasteiger partial charge in [-0.3, -0.25) is 0 Å². The summed E-state index contributed by atoms with van der Waals surface area (Å²) in [6.07, 6.45) is 9.84. The van der Waals surface area contributed by atoms with E-state index in [1.165, 1.54) is 0 Å². The molecule has 4 nitrogen and oxygen atoms in total. The molecule has 2 aliphatic rings. The van der Waals surface area contributed by atoms with Gasteiger partial charge in [0.15, 0.2) is 0 Å². The highest BCUT2D eigenvalue weighted by Crippen LogP contribution is 2.27. The maximum atomic E-state index is 4.34. The van der Waals surface area contributed by atoms with E-state index in [1.807, 2.05) is 19.1 Å². The van der Waals surface area contributed by atoms with E-state index in [9.17, 15) is 0 Å². The molecule has 0 spiro atoms. The molecule has 2 rings (SSSR count). The highest BCUT2D eigenvalue weighted by atomic mass is 15.3. The fourth-order valence-electron chi connectivity index (χ4n) is 3.35. The van der Waals surface area contributed by atoms with Crippen molar-refractivity contribution in [3.8, 4) is 0 Å². The van der Waals surface area contributed by atoms with E-state index in [1.54, 1.807) is 6.08 Å². The van der Waals surface area contributed by atoms with Crippen LogP contribution in [-0.4, -0.2) is 35.5 Å². The van der Waals surface area contributed by atoms with Crippen LogP contribution in [0.3, 0.4) is 0 Å². The van der Waals surface area contributed by atoms with Crippen LogP contribution in [0.5, 0.6) is 0 Å². The minimum Gasteiger partial charge on any atom is -0.383 e. The van der Waals surface area contributed by atoms with Crippen LogP contribution in [0.1, 0.15) is 19.8 Å². The molecular weight excluding hydrogens is 332 g/mol. The van der Waals surface area contributed by atoms with Crippen LogP contribution in [0, 0.1) is 0 Å². The van der Waals surface area contributed by atoms with Crippen molar-refractivity contribution in [2.75, 3.05) is 19.6 Å². The van der Waals surface area contributed by atoms with Gasteiger partial charge in [0.1, 0.15) is 5.82 Å². The standard InChI is InChI=1S/C23H32N4/c1-8-11-22(9-2)14-24-20(6)23-12-10-13-27(23)18(4)16-26-15-17(3)19(5)25-21(26)7/h8-9,11,15,23-25H,1-2,4-7,10,12-14,16H2,3H3/b22-11+. The van der Waals surface area contributed by atoms with E-state index in [-0.39, 0.29) is 6.04 Å². The van der Waals surface area contributed by atoms with Gasteiger partial charge in [0.2, 0.25) is 0 Å². The molecule has 1 atom stereocenters. The van der Waals surface area contributed by atoms with Crippen molar-refractivity contribution < 1.29 is 0 Å². The van der Waals surface area contributed by atoms with Crippen molar-refractivity contribution in [2.45, 2.75) is 25.8 Å². The normalized spacial score (nSPS) is 20.1. The molecule has 2 heterocycles. The van der Waals surface area contributed by atoms with Crippen molar-refractivity contribution in [1.82, 2.24) is 20.4 Å². The summed E-state index contributed by atoms with van der Waals surface area (Å²) in [5, 5.41) is 6.65. The molecule has 1 unspecified atom stereocenters. The minimum atomic E-state index is 0.248. The van der Waals surface area contributed by atoms with Crippen molar-refractivity contribution in [2.24, 2.45) is 0 Å². The maximum absolute atomic E-state index is 4.34. The quantitative estimate of drug-likeness (QED) is 0.602. The number of likely N-dealkylation sites (tertiary alicyclic amines) is 1. The fraction of sp³-hybridized carbons (Fsp3) is 0.304. The monoisotopic (exact) mass is 364 g/mol. The van der Waals surface area contributed by atoms with Crippen molar-refractivity contribution >= 4 is 0 Å². The van der Waals surface area contributed by atoms with E-state index in [0.29, 0.717) is 13.1 Å². The summed E-state index contributed by atoms with van der Waals surface area (Å²) in [5.41, 5.74) is 5.16. The van der Waals surface area contributed by atoms with E-state index in [4.69, 9.17) is 0 Å². The summed E-state index contributed by atoms with van der Waals surface area (Å²) in [6.45, 7) is 28.7. The highest BCUT2D eigenvalue weighted by Gasteiger charge is 2.28. The van der Waals surface area contributed by atoms with Crippen LogP contribution in [0.25, 0.3) is 0 Å². The summed E-state index contributed by atoms with van der Waals surface area (Å²) in [5.74, 6) is 0.824. The molecule has 0 amide bonds. The van der Waals surface area contributed by atoms with Gasteiger partial charge in [-0.1, -0.05) is 57.7 Å². The number of hydrogen-bond acceptors (Lipinski definition) is 4. The van der Waals surface area contributed by atoms with Gasteiger partial charge >= 0.3 is 0 Å². The van der Waals surface area contributed by atoms with Crippen molar-refractivity contribution in [3.63, 3.8) is 0 Å². The Labute approximate surface area is 164 Å². The smallest absolute Gasteiger partial charge is 0.103 e. The van der Waals surface area contributed by atoms with Gasteiger partial charge in [-0.2, -0.15) is 0 Å². The number of allylic oxidation sites excluding steroid dienone is 3. The van der Waals surface area contributed by atoms with Crippen LogP contribution in [-0.2, 0) is 0 Å². The Morgan fingerprint density at radius 3 is 2.74 bits per heavy atom. The number of nitrogens with one attached hydrogen (secondary N) is 2. The predicted octanol–water partition coefficient (Wildman–Crippen LogP) is 4.16. The molecule has 0 aromatic carbocycles. The number of hydrogen-bond donors (Lipinski definition) is 2. The van der Waals surface area contributed by atoms with Crippen LogP contribution < -0.4 is 10.6 Å². The first-order chi connectivity index (χ1) is 12.9. The van der Waals surface area contributed by atoms with Gasteiger partial charge in [-0.25, -0.2) is 0 Å². The minimum absolute atomic E-state index is 0.248. The molecule has 1 saturated heterocycles. The lowest BCUT2D eigenvalue weighted by Crippen LogP contribution is -2.40. The lowest BCUT2D eigenvalue weighted by atomic mass is 10.1. The molecule has 0 aromatic rings. The Hall–Kier alpha value is -2.88. The lowest BCUT2D eigenvalue weighted by Gasteiger charge is -2.36. The fourth-order valence-corrected chi connectivity index (χ4v) is 3.35. The molecule has 0 radical (unpaired) electrons. The van der Waals surface area contributed by atoms with Gasteiger partial charge < -0.3 is 20.4 Å². The zero-order valence-electron chi connectivity index (χ0n) is 16.6. The van der Waals surface area contributed by atoms with Gasteiger partial charge in [0, 0.05) is 36.4 Å². The summed E-state index contributed by atoms with van der Waals surface area (Å²) >= 11 is 0. The molecule has 0 aliphatic carbocycles. The van der Waals surface area contributed by atoms with E-state index in [2.05, 4.69) is 66.1 Å². The topological polar surface area (TPSA) is 30.5 Å². The molecule has 27 heavy (non-hydrogen) atoms. The Balaban J connectivity index is 1.99. The molecule has 2 aliphatic heterocycles. The largest absolute Gasteiger partial charge is 0.383 e. The number of rotatable bonds is 9. The summed E-state index contributed by atoms with van der Waals surface area (Å²) in [7, 11) is 0. The second kappa shape index (κ2) is 9.17. The molecule has 0 saturated carbocycles. The van der Waals surface area contributed by atoms with E-state index in [0.717, 1.165) is 53.4 Å². The van der Waals surface area contributed by atoms with Crippen LogP contribution >= 0.6 is 0 Å². The average Bonchev–Trinajstić information content (AvgIpc) is 3.12. The molecule has 144 valence electrons. The predicted molar refractivity (Wildman–Crippen MR) is 116 cm³/mol. The van der Waals surface area contributed by atoms with Gasteiger partial charge in [-0.15, -0.1) is 0 Å². The highest BCUT2D eigenvalue weighted by molar-refractivity contribution is 5.33. The van der Waals surface area contributed by atoms with Crippen LogP contribution in [0.4, 0.5) is 0 Å². The van der Waals surface area contributed by atoms with Gasteiger partial charge in [0.25, 0.3) is 0 Å². The van der Waals surface area contributed by atoms with Gasteiger partial charge in [0.05, 0.1) is 12.6 Å². The first-order valence-electron chi connectivity index (χ1n) is 9.28.